The van der Waals surface area contributed by atoms with Crippen molar-refractivity contribution in [1.82, 2.24) is 4.90 Å². The van der Waals surface area contributed by atoms with Crippen LogP contribution in [-0.4, -0.2) is 50.6 Å². The molecule has 2 N–H and O–H groups in total. The first kappa shape index (κ1) is 17.1. The number of hydrogen-bond donors (Lipinski definition) is 2. The van der Waals surface area contributed by atoms with E-state index in [1.165, 1.54) is 0 Å². The molecular formula is C15H23N3O3. The van der Waals surface area contributed by atoms with Crippen LogP contribution in [0.5, 0.6) is 0 Å². The van der Waals surface area contributed by atoms with Crippen LogP contribution in [0.1, 0.15) is 12.5 Å². The summed E-state index contributed by atoms with van der Waals surface area (Å²) in [5.41, 5.74) is 2.15. The fourth-order valence-corrected chi connectivity index (χ4v) is 1.73. The molecule has 0 atom stereocenters. The SMILES string of the molecule is CCOCC(=O)Nc1cc(C)ccc1NC(=O)CN(C)C. The molecule has 1 rings (SSSR count). The van der Waals surface area contributed by atoms with Gasteiger partial charge in [-0.1, -0.05) is 6.07 Å². The minimum atomic E-state index is -0.245. The van der Waals surface area contributed by atoms with Crippen molar-refractivity contribution in [1.29, 1.82) is 0 Å². The average Bonchev–Trinajstić information content (AvgIpc) is 2.38. The van der Waals surface area contributed by atoms with Gasteiger partial charge in [0.1, 0.15) is 6.61 Å². The number of nitrogens with zero attached hydrogens (tertiary/aromatic N) is 1. The Morgan fingerprint density at radius 1 is 1.14 bits per heavy atom. The molecule has 116 valence electrons. The van der Waals surface area contributed by atoms with Crippen molar-refractivity contribution in [3.63, 3.8) is 0 Å². The number of carbonyl (C=O) groups excluding carboxylic acids is 2. The third kappa shape index (κ3) is 6.37. The number of anilines is 2. The van der Waals surface area contributed by atoms with Gasteiger partial charge >= 0.3 is 0 Å². The summed E-state index contributed by atoms with van der Waals surface area (Å²) in [4.78, 5) is 25.3. The summed E-state index contributed by atoms with van der Waals surface area (Å²) in [7, 11) is 3.64. The molecule has 2 amide bonds. The molecule has 1 aromatic rings. The first-order valence-electron chi connectivity index (χ1n) is 6.85. The van der Waals surface area contributed by atoms with Gasteiger partial charge in [0, 0.05) is 6.61 Å². The van der Waals surface area contributed by atoms with Gasteiger partial charge in [-0.25, -0.2) is 0 Å². The van der Waals surface area contributed by atoms with Gasteiger partial charge in [0.05, 0.1) is 17.9 Å². The lowest BCUT2D eigenvalue weighted by Gasteiger charge is -2.15. The molecule has 0 aromatic heterocycles. The van der Waals surface area contributed by atoms with E-state index in [2.05, 4.69) is 10.6 Å². The lowest BCUT2D eigenvalue weighted by molar-refractivity contribution is -0.120. The molecule has 0 radical (unpaired) electrons. The van der Waals surface area contributed by atoms with Crippen molar-refractivity contribution in [2.75, 3.05) is 44.5 Å². The van der Waals surface area contributed by atoms with E-state index in [4.69, 9.17) is 4.74 Å². The van der Waals surface area contributed by atoms with Crippen LogP contribution < -0.4 is 10.6 Å². The summed E-state index contributed by atoms with van der Waals surface area (Å²) in [6.07, 6.45) is 0. The predicted octanol–water partition coefficient (Wildman–Crippen LogP) is 1.47. The number of nitrogens with one attached hydrogen (secondary N) is 2. The van der Waals surface area contributed by atoms with Gasteiger partial charge in [0.2, 0.25) is 11.8 Å². The zero-order chi connectivity index (χ0) is 15.8. The van der Waals surface area contributed by atoms with Crippen molar-refractivity contribution in [2.24, 2.45) is 0 Å². The van der Waals surface area contributed by atoms with Gasteiger partial charge in [-0.2, -0.15) is 0 Å². The fourth-order valence-electron chi connectivity index (χ4n) is 1.73. The molecule has 0 heterocycles. The average molecular weight is 293 g/mol. The van der Waals surface area contributed by atoms with E-state index in [0.29, 0.717) is 18.0 Å². The molecule has 0 saturated heterocycles. The van der Waals surface area contributed by atoms with Crippen LogP contribution in [0.4, 0.5) is 11.4 Å². The fraction of sp³-hybridized carbons (Fsp3) is 0.467. The largest absolute Gasteiger partial charge is 0.372 e. The number of likely N-dealkylation sites (N-methyl/N-ethyl adjacent to an activating group) is 1. The first-order valence-corrected chi connectivity index (χ1v) is 6.85. The maximum Gasteiger partial charge on any atom is 0.250 e. The van der Waals surface area contributed by atoms with Crippen LogP contribution in [0.3, 0.4) is 0 Å². The molecule has 0 aliphatic heterocycles. The number of benzene rings is 1. The highest BCUT2D eigenvalue weighted by molar-refractivity contribution is 6.00. The monoisotopic (exact) mass is 293 g/mol. The van der Waals surface area contributed by atoms with E-state index in [1.807, 2.05) is 40.1 Å². The Kier molecular flexibility index (Phi) is 6.84. The van der Waals surface area contributed by atoms with E-state index in [-0.39, 0.29) is 25.0 Å². The first-order chi connectivity index (χ1) is 9.92. The number of rotatable bonds is 7. The maximum atomic E-state index is 11.8. The highest BCUT2D eigenvalue weighted by atomic mass is 16.5. The van der Waals surface area contributed by atoms with E-state index in [1.54, 1.807) is 11.0 Å². The van der Waals surface area contributed by atoms with Gasteiger partial charge in [-0.05, 0) is 45.6 Å². The van der Waals surface area contributed by atoms with E-state index < -0.39 is 0 Å². The summed E-state index contributed by atoms with van der Waals surface area (Å²) in [5, 5.41) is 5.55. The zero-order valence-corrected chi connectivity index (χ0v) is 13.0. The van der Waals surface area contributed by atoms with Crippen molar-refractivity contribution < 1.29 is 14.3 Å². The Bertz CT molecular complexity index is 501. The molecule has 0 aliphatic rings. The Morgan fingerprint density at radius 3 is 2.43 bits per heavy atom. The van der Waals surface area contributed by atoms with Crippen LogP contribution in [0.2, 0.25) is 0 Å². The lowest BCUT2D eigenvalue weighted by Crippen LogP contribution is -2.28. The number of aryl methyl sites for hydroxylation is 1. The topological polar surface area (TPSA) is 70.7 Å². The summed E-state index contributed by atoms with van der Waals surface area (Å²) >= 11 is 0. The number of hydrogen-bond acceptors (Lipinski definition) is 4. The summed E-state index contributed by atoms with van der Waals surface area (Å²) < 4.78 is 5.07. The minimum absolute atomic E-state index is 0.00444. The Balaban J connectivity index is 2.79. The molecule has 0 bridgehead atoms. The van der Waals surface area contributed by atoms with Crippen molar-refractivity contribution in [3.05, 3.63) is 23.8 Å². The molecule has 0 aliphatic carbocycles. The second kappa shape index (κ2) is 8.39. The second-order valence-electron chi connectivity index (χ2n) is 5.02. The molecular weight excluding hydrogens is 270 g/mol. The standard InChI is InChI=1S/C15H23N3O3/c1-5-21-10-15(20)17-13-8-11(2)6-7-12(13)16-14(19)9-18(3)4/h6-8H,5,9-10H2,1-4H3,(H,16,19)(H,17,20). The Hall–Kier alpha value is -1.92. The highest BCUT2D eigenvalue weighted by Gasteiger charge is 2.10. The lowest BCUT2D eigenvalue weighted by atomic mass is 10.2. The normalized spacial score (nSPS) is 10.5. The second-order valence-corrected chi connectivity index (χ2v) is 5.02. The minimum Gasteiger partial charge on any atom is -0.372 e. The van der Waals surface area contributed by atoms with Crippen molar-refractivity contribution in [3.8, 4) is 0 Å². The molecule has 0 spiro atoms. The van der Waals surface area contributed by atoms with Gasteiger partial charge in [-0.15, -0.1) is 0 Å². The van der Waals surface area contributed by atoms with Gasteiger partial charge < -0.3 is 20.3 Å². The van der Waals surface area contributed by atoms with E-state index in [9.17, 15) is 9.59 Å². The van der Waals surface area contributed by atoms with Gasteiger partial charge in [0.25, 0.3) is 0 Å². The molecule has 1 aromatic carbocycles. The number of amides is 2. The van der Waals surface area contributed by atoms with Crippen molar-refractivity contribution >= 4 is 23.2 Å². The van der Waals surface area contributed by atoms with Crippen molar-refractivity contribution in [2.45, 2.75) is 13.8 Å². The predicted molar refractivity (Wildman–Crippen MR) is 83.5 cm³/mol. The zero-order valence-electron chi connectivity index (χ0n) is 13.0. The molecule has 6 nitrogen and oxygen atoms in total. The number of ether oxygens (including phenoxy) is 1. The maximum absolute atomic E-state index is 11.8. The molecule has 0 saturated carbocycles. The Morgan fingerprint density at radius 2 is 1.81 bits per heavy atom. The molecule has 6 heteroatoms. The van der Waals surface area contributed by atoms with Crippen LogP contribution in [0.15, 0.2) is 18.2 Å². The van der Waals surface area contributed by atoms with Crippen LogP contribution in [0.25, 0.3) is 0 Å². The summed E-state index contributed by atoms with van der Waals surface area (Å²) in [6, 6.07) is 5.47. The summed E-state index contributed by atoms with van der Waals surface area (Å²) in [6.45, 7) is 4.50. The molecule has 21 heavy (non-hydrogen) atoms. The van der Waals surface area contributed by atoms with Gasteiger partial charge in [-0.3, -0.25) is 9.59 Å². The van der Waals surface area contributed by atoms with Crippen LogP contribution in [-0.2, 0) is 14.3 Å². The third-order valence-electron chi connectivity index (χ3n) is 2.62. The smallest absolute Gasteiger partial charge is 0.250 e. The quantitative estimate of drug-likeness (QED) is 0.798. The summed E-state index contributed by atoms with van der Waals surface area (Å²) in [5.74, 6) is -0.380. The van der Waals surface area contributed by atoms with E-state index >= 15 is 0 Å². The van der Waals surface area contributed by atoms with Crippen LogP contribution in [0, 0.1) is 6.92 Å². The molecule has 0 unspecified atom stereocenters. The van der Waals surface area contributed by atoms with Crippen LogP contribution >= 0.6 is 0 Å². The van der Waals surface area contributed by atoms with Gasteiger partial charge in [0.15, 0.2) is 0 Å². The Labute approximate surface area is 125 Å². The third-order valence-corrected chi connectivity index (χ3v) is 2.62. The number of carbonyl (C=O) groups is 2. The highest BCUT2D eigenvalue weighted by Crippen LogP contribution is 2.23. The molecule has 0 fully saturated rings. The van der Waals surface area contributed by atoms with E-state index in [0.717, 1.165) is 5.56 Å².